The van der Waals surface area contributed by atoms with E-state index < -0.39 is 0 Å². The Bertz CT molecular complexity index is 1290. The van der Waals surface area contributed by atoms with Crippen LogP contribution in [0.3, 0.4) is 0 Å². The van der Waals surface area contributed by atoms with Gasteiger partial charge in [0.25, 0.3) is 11.8 Å². The molecule has 4 rings (SSSR count). The minimum atomic E-state index is -0.327. The first kappa shape index (κ1) is 22.8. The number of nitrogens with one attached hydrogen (secondary N) is 3. The van der Waals surface area contributed by atoms with E-state index in [1.165, 1.54) is 6.26 Å². The molecule has 0 bridgehead atoms. The number of aromatic nitrogens is 2. The number of carbonyl (C=O) groups excluding carboxylic acids is 2. The number of hydrogen-bond acceptors (Lipinski definition) is 5. The number of aryl methyl sites for hydroxylation is 1. The van der Waals surface area contributed by atoms with Crippen molar-refractivity contribution in [2.75, 3.05) is 11.9 Å². The predicted molar refractivity (Wildman–Crippen MR) is 129 cm³/mol. The van der Waals surface area contributed by atoms with Crippen LogP contribution in [0.4, 0.5) is 5.69 Å². The number of anilines is 1. The fourth-order valence-electron chi connectivity index (χ4n) is 3.34. The van der Waals surface area contributed by atoms with Crippen molar-refractivity contribution in [1.82, 2.24) is 15.3 Å². The molecule has 3 aromatic heterocycles. The highest BCUT2D eigenvalue weighted by Gasteiger charge is 2.14. The van der Waals surface area contributed by atoms with Gasteiger partial charge < -0.3 is 24.8 Å². The molecule has 2 amide bonds. The molecule has 8 nitrogen and oxygen atoms in total. The van der Waals surface area contributed by atoms with Gasteiger partial charge in [0.15, 0.2) is 5.76 Å². The Kier molecular flexibility index (Phi) is 7.07. The van der Waals surface area contributed by atoms with E-state index in [2.05, 4.69) is 27.5 Å². The number of carbonyl (C=O) groups is 2. The van der Waals surface area contributed by atoms with Gasteiger partial charge in [-0.25, -0.2) is 0 Å². The molecule has 0 aliphatic heterocycles. The molecular formula is C26H26N4O4. The molecule has 3 heterocycles. The normalized spacial score (nSPS) is 10.6. The summed E-state index contributed by atoms with van der Waals surface area (Å²) in [7, 11) is 0. The van der Waals surface area contributed by atoms with Crippen molar-refractivity contribution in [3.63, 3.8) is 0 Å². The van der Waals surface area contributed by atoms with Crippen molar-refractivity contribution in [3.05, 3.63) is 84.1 Å². The zero-order valence-electron chi connectivity index (χ0n) is 19.1. The molecule has 0 saturated heterocycles. The molecule has 8 heteroatoms. The van der Waals surface area contributed by atoms with Crippen LogP contribution < -0.4 is 15.4 Å². The van der Waals surface area contributed by atoms with Crippen LogP contribution in [0.1, 0.15) is 46.2 Å². The fourth-order valence-corrected chi connectivity index (χ4v) is 3.34. The van der Waals surface area contributed by atoms with Gasteiger partial charge in [-0.05, 0) is 43.7 Å². The standard InChI is InChI=1S/C26H26N4O4/c1-3-4-10-28-25(31)18-13-22(29-16-18)23-15-21(8-11-27-23)34-20-7-5-6-19(14-20)30-26(32)24-17(2)9-12-33-24/h5-9,11-16,29H,3-4,10H2,1-2H3,(H,28,31)(H,30,32). The highest BCUT2D eigenvalue weighted by molar-refractivity contribution is 6.03. The molecule has 1 aromatic carbocycles. The molecule has 4 aromatic rings. The Balaban J connectivity index is 1.44. The van der Waals surface area contributed by atoms with Crippen LogP contribution in [-0.4, -0.2) is 28.3 Å². The third-order valence-electron chi connectivity index (χ3n) is 5.16. The summed E-state index contributed by atoms with van der Waals surface area (Å²) in [4.78, 5) is 32.1. The van der Waals surface area contributed by atoms with Crippen LogP contribution in [-0.2, 0) is 0 Å². The summed E-state index contributed by atoms with van der Waals surface area (Å²) in [6.07, 6.45) is 6.75. The summed E-state index contributed by atoms with van der Waals surface area (Å²) in [5, 5.41) is 5.71. The first-order valence-electron chi connectivity index (χ1n) is 11.1. The van der Waals surface area contributed by atoms with Crippen molar-refractivity contribution >= 4 is 17.5 Å². The van der Waals surface area contributed by atoms with Crippen molar-refractivity contribution in [2.45, 2.75) is 26.7 Å². The number of rotatable bonds is 9. The summed E-state index contributed by atoms with van der Waals surface area (Å²) < 4.78 is 11.2. The summed E-state index contributed by atoms with van der Waals surface area (Å²) >= 11 is 0. The van der Waals surface area contributed by atoms with Crippen LogP contribution >= 0.6 is 0 Å². The first-order valence-corrected chi connectivity index (χ1v) is 11.1. The first-order chi connectivity index (χ1) is 16.5. The SMILES string of the molecule is CCCCNC(=O)c1c[nH]c(-c2cc(Oc3cccc(NC(=O)c4occc4C)c3)ccn2)c1. The summed E-state index contributed by atoms with van der Waals surface area (Å²) in [5.74, 6) is 0.945. The van der Waals surface area contributed by atoms with E-state index in [1.54, 1.807) is 60.9 Å². The lowest BCUT2D eigenvalue weighted by Crippen LogP contribution is -2.23. The van der Waals surface area contributed by atoms with Gasteiger partial charge >= 0.3 is 0 Å². The maximum absolute atomic E-state index is 12.4. The van der Waals surface area contributed by atoms with E-state index in [9.17, 15) is 9.59 Å². The molecule has 3 N–H and O–H groups in total. The molecule has 0 atom stereocenters. The number of unbranched alkanes of at least 4 members (excludes halogenated alkanes) is 1. The molecule has 174 valence electrons. The van der Waals surface area contributed by atoms with Crippen LogP contribution in [0, 0.1) is 6.92 Å². The monoisotopic (exact) mass is 458 g/mol. The fraction of sp³-hybridized carbons (Fsp3) is 0.192. The van der Waals surface area contributed by atoms with Crippen LogP contribution in [0.5, 0.6) is 11.5 Å². The van der Waals surface area contributed by atoms with Gasteiger partial charge in [-0.2, -0.15) is 0 Å². The zero-order chi connectivity index (χ0) is 23.9. The summed E-state index contributed by atoms with van der Waals surface area (Å²) in [6, 6.07) is 14.1. The van der Waals surface area contributed by atoms with E-state index in [0.29, 0.717) is 40.7 Å². The van der Waals surface area contributed by atoms with Gasteiger partial charge in [0.2, 0.25) is 0 Å². The van der Waals surface area contributed by atoms with Gasteiger partial charge in [0.05, 0.1) is 23.2 Å². The third kappa shape index (κ3) is 5.53. The number of furan rings is 1. The molecule has 34 heavy (non-hydrogen) atoms. The van der Waals surface area contributed by atoms with E-state index in [4.69, 9.17) is 9.15 Å². The summed E-state index contributed by atoms with van der Waals surface area (Å²) in [6.45, 7) is 4.54. The molecule has 0 fully saturated rings. The Morgan fingerprint density at radius 2 is 1.94 bits per heavy atom. The smallest absolute Gasteiger partial charge is 0.291 e. The number of aromatic amines is 1. The van der Waals surface area contributed by atoms with Crippen LogP contribution in [0.2, 0.25) is 0 Å². The number of H-pyrrole nitrogens is 1. The van der Waals surface area contributed by atoms with Crippen LogP contribution in [0.25, 0.3) is 11.4 Å². The number of hydrogen-bond donors (Lipinski definition) is 3. The van der Waals surface area contributed by atoms with Crippen molar-refractivity contribution in [3.8, 4) is 22.9 Å². The average Bonchev–Trinajstić information content (AvgIpc) is 3.49. The lowest BCUT2D eigenvalue weighted by molar-refractivity contribution is 0.0952. The molecule has 0 radical (unpaired) electrons. The second kappa shape index (κ2) is 10.5. The quantitative estimate of drug-likeness (QED) is 0.285. The number of nitrogens with zero attached hydrogens (tertiary/aromatic N) is 1. The number of ether oxygens (including phenoxy) is 1. The third-order valence-corrected chi connectivity index (χ3v) is 5.16. The Labute approximate surface area is 197 Å². The molecule has 0 unspecified atom stereocenters. The van der Waals surface area contributed by atoms with E-state index in [0.717, 1.165) is 18.4 Å². The minimum Gasteiger partial charge on any atom is -0.459 e. The van der Waals surface area contributed by atoms with Gasteiger partial charge in [-0.3, -0.25) is 14.6 Å². The number of benzene rings is 1. The second-order valence-electron chi connectivity index (χ2n) is 7.81. The van der Waals surface area contributed by atoms with Gasteiger partial charge in [-0.15, -0.1) is 0 Å². The van der Waals surface area contributed by atoms with Crippen molar-refractivity contribution < 1.29 is 18.7 Å². The highest BCUT2D eigenvalue weighted by Crippen LogP contribution is 2.27. The largest absolute Gasteiger partial charge is 0.459 e. The summed E-state index contributed by atoms with van der Waals surface area (Å²) in [5.41, 5.74) is 3.24. The Morgan fingerprint density at radius 3 is 2.74 bits per heavy atom. The topological polar surface area (TPSA) is 109 Å². The van der Waals surface area contributed by atoms with E-state index in [-0.39, 0.29) is 17.6 Å². The Morgan fingerprint density at radius 1 is 1.09 bits per heavy atom. The van der Waals surface area contributed by atoms with E-state index in [1.807, 2.05) is 6.92 Å². The minimum absolute atomic E-state index is 0.119. The lowest BCUT2D eigenvalue weighted by atomic mass is 10.2. The molecule has 0 saturated carbocycles. The maximum atomic E-state index is 12.4. The van der Waals surface area contributed by atoms with Gasteiger partial charge in [0.1, 0.15) is 11.5 Å². The van der Waals surface area contributed by atoms with Gasteiger partial charge in [-0.1, -0.05) is 19.4 Å². The predicted octanol–water partition coefficient (Wildman–Crippen LogP) is 5.55. The molecular weight excluding hydrogens is 432 g/mol. The van der Waals surface area contributed by atoms with Crippen molar-refractivity contribution in [2.24, 2.45) is 0 Å². The van der Waals surface area contributed by atoms with Crippen LogP contribution in [0.15, 0.2) is 71.6 Å². The maximum Gasteiger partial charge on any atom is 0.291 e. The second-order valence-corrected chi connectivity index (χ2v) is 7.81. The van der Waals surface area contributed by atoms with E-state index >= 15 is 0 Å². The van der Waals surface area contributed by atoms with Gasteiger partial charge in [0, 0.05) is 42.3 Å². The number of amides is 2. The zero-order valence-corrected chi connectivity index (χ0v) is 19.1. The molecule has 0 aliphatic rings. The molecule has 0 spiro atoms. The average molecular weight is 459 g/mol. The lowest BCUT2D eigenvalue weighted by Gasteiger charge is -2.09. The Hall–Kier alpha value is -4.33. The number of pyridine rings is 1. The highest BCUT2D eigenvalue weighted by atomic mass is 16.5. The van der Waals surface area contributed by atoms with Crippen molar-refractivity contribution in [1.29, 1.82) is 0 Å². The molecule has 0 aliphatic carbocycles.